The maximum Gasteiger partial charge on any atom is 0.321 e. The van der Waals surface area contributed by atoms with Gasteiger partial charge in [0.1, 0.15) is 5.75 Å². The summed E-state index contributed by atoms with van der Waals surface area (Å²) in [6.45, 7) is 3.50. The minimum absolute atomic E-state index is 0.0681. The number of nitrogens with one attached hydrogen (secondary N) is 1. The van der Waals surface area contributed by atoms with E-state index in [1.54, 1.807) is 29.2 Å². The zero-order chi connectivity index (χ0) is 14.5. The first-order chi connectivity index (χ1) is 9.58. The van der Waals surface area contributed by atoms with E-state index >= 15 is 0 Å². The summed E-state index contributed by atoms with van der Waals surface area (Å²) < 4.78 is 5.32. The number of carbonyl (C=O) groups is 2. The molecule has 20 heavy (non-hydrogen) atoms. The quantitative estimate of drug-likeness (QED) is 0.863. The van der Waals surface area contributed by atoms with Crippen LogP contribution in [0, 0.1) is 5.92 Å². The van der Waals surface area contributed by atoms with Gasteiger partial charge >= 0.3 is 12.0 Å². The van der Waals surface area contributed by atoms with E-state index in [0.29, 0.717) is 25.4 Å². The Morgan fingerprint density at radius 1 is 1.35 bits per heavy atom. The molecular formula is C14H18N2O4. The van der Waals surface area contributed by atoms with E-state index in [4.69, 9.17) is 9.84 Å². The SMILES string of the molecule is CCOc1ccc(NC(=O)N2CC(CC(=O)O)C2)cc1. The molecule has 1 aromatic rings. The fourth-order valence-corrected chi connectivity index (χ4v) is 2.12. The number of aliphatic carboxylic acids is 1. The van der Waals surface area contributed by atoms with Crippen LogP contribution in [-0.4, -0.2) is 41.7 Å². The standard InChI is InChI=1S/C14H18N2O4/c1-2-20-12-5-3-11(4-6-12)15-14(19)16-8-10(9-16)7-13(17)18/h3-6,10H,2,7-9H2,1H3,(H,15,19)(H,17,18). The highest BCUT2D eigenvalue weighted by molar-refractivity contribution is 5.90. The van der Waals surface area contributed by atoms with Gasteiger partial charge in [0.25, 0.3) is 0 Å². The Bertz CT molecular complexity index is 480. The lowest BCUT2D eigenvalue weighted by atomic mass is 9.97. The second-order valence-electron chi connectivity index (χ2n) is 4.76. The van der Waals surface area contributed by atoms with Gasteiger partial charge in [-0.15, -0.1) is 0 Å². The summed E-state index contributed by atoms with van der Waals surface area (Å²) >= 11 is 0. The summed E-state index contributed by atoms with van der Waals surface area (Å²) in [5.41, 5.74) is 0.695. The highest BCUT2D eigenvalue weighted by Crippen LogP contribution is 2.21. The number of carboxylic acid groups (broad SMARTS) is 1. The molecule has 1 saturated heterocycles. The van der Waals surface area contributed by atoms with Crippen LogP contribution >= 0.6 is 0 Å². The van der Waals surface area contributed by atoms with Gasteiger partial charge in [0.05, 0.1) is 13.0 Å². The van der Waals surface area contributed by atoms with Crippen LogP contribution in [-0.2, 0) is 4.79 Å². The second-order valence-corrected chi connectivity index (χ2v) is 4.76. The molecule has 2 amide bonds. The van der Waals surface area contributed by atoms with Gasteiger partial charge in [-0.3, -0.25) is 4.79 Å². The number of anilines is 1. The largest absolute Gasteiger partial charge is 0.494 e. The smallest absolute Gasteiger partial charge is 0.321 e. The zero-order valence-corrected chi connectivity index (χ0v) is 11.3. The first-order valence-electron chi connectivity index (χ1n) is 6.59. The van der Waals surface area contributed by atoms with E-state index in [9.17, 15) is 9.59 Å². The van der Waals surface area contributed by atoms with E-state index in [-0.39, 0.29) is 18.4 Å². The lowest BCUT2D eigenvalue weighted by molar-refractivity contribution is -0.139. The highest BCUT2D eigenvalue weighted by Gasteiger charge is 2.31. The lowest BCUT2D eigenvalue weighted by Gasteiger charge is -2.38. The van der Waals surface area contributed by atoms with Crippen molar-refractivity contribution in [3.63, 3.8) is 0 Å². The number of amides is 2. The first-order valence-corrected chi connectivity index (χ1v) is 6.59. The second kappa shape index (κ2) is 6.27. The Hall–Kier alpha value is -2.24. The van der Waals surface area contributed by atoms with Crippen LogP contribution in [0.4, 0.5) is 10.5 Å². The summed E-state index contributed by atoms with van der Waals surface area (Å²) in [6, 6.07) is 6.94. The number of likely N-dealkylation sites (tertiary alicyclic amines) is 1. The van der Waals surface area contributed by atoms with Crippen LogP contribution in [0.1, 0.15) is 13.3 Å². The van der Waals surface area contributed by atoms with Crippen LogP contribution in [0.25, 0.3) is 0 Å². The molecule has 2 rings (SSSR count). The Balaban J connectivity index is 1.79. The van der Waals surface area contributed by atoms with Gasteiger partial charge in [0.2, 0.25) is 0 Å². The number of nitrogens with zero attached hydrogens (tertiary/aromatic N) is 1. The van der Waals surface area contributed by atoms with Crippen molar-refractivity contribution >= 4 is 17.7 Å². The summed E-state index contributed by atoms with van der Waals surface area (Å²) in [5.74, 6) is 0.0103. The average Bonchev–Trinajstić information content (AvgIpc) is 2.35. The molecule has 1 fully saturated rings. The van der Waals surface area contributed by atoms with Crippen molar-refractivity contribution in [1.82, 2.24) is 4.90 Å². The zero-order valence-electron chi connectivity index (χ0n) is 11.3. The number of ether oxygens (including phenoxy) is 1. The summed E-state index contributed by atoms with van der Waals surface area (Å²) in [5, 5.41) is 11.4. The van der Waals surface area contributed by atoms with Crippen molar-refractivity contribution in [2.75, 3.05) is 25.0 Å². The topological polar surface area (TPSA) is 78.9 Å². The number of carboxylic acids is 1. The predicted molar refractivity (Wildman–Crippen MR) is 73.9 cm³/mol. The molecule has 1 aromatic carbocycles. The Kier molecular flexibility index (Phi) is 4.45. The minimum atomic E-state index is -0.818. The van der Waals surface area contributed by atoms with Gasteiger partial charge in [-0.25, -0.2) is 4.79 Å². The van der Waals surface area contributed by atoms with E-state index in [1.165, 1.54) is 0 Å². The van der Waals surface area contributed by atoms with Crippen molar-refractivity contribution < 1.29 is 19.4 Å². The maximum atomic E-state index is 11.9. The molecule has 0 aromatic heterocycles. The number of hydrogen-bond acceptors (Lipinski definition) is 3. The lowest BCUT2D eigenvalue weighted by Crippen LogP contribution is -2.52. The van der Waals surface area contributed by atoms with Gasteiger partial charge in [0, 0.05) is 24.7 Å². The molecular weight excluding hydrogens is 260 g/mol. The number of benzene rings is 1. The third kappa shape index (κ3) is 3.63. The third-order valence-electron chi connectivity index (χ3n) is 3.12. The van der Waals surface area contributed by atoms with E-state index in [1.807, 2.05) is 6.92 Å². The number of carbonyl (C=O) groups excluding carboxylic acids is 1. The number of rotatable bonds is 5. The first kappa shape index (κ1) is 14.2. The monoisotopic (exact) mass is 278 g/mol. The molecule has 6 nitrogen and oxygen atoms in total. The summed E-state index contributed by atoms with van der Waals surface area (Å²) in [4.78, 5) is 24.0. The van der Waals surface area contributed by atoms with E-state index in [2.05, 4.69) is 5.32 Å². The molecule has 0 atom stereocenters. The molecule has 6 heteroatoms. The van der Waals surface area contributed by atoms with Crippen molar-refractivity contribution in [2.24, 2.45) is 5.92 Å². The molecule has 1 heterocycles. The average molecular weight is 278 g/mol. The van der Waals surface area contributed by atoms with Crippen LogP contribution in [0.3, 0.4) is 0 Å². The van der Waals surface area contributed by atoms with Crippen molar-refractivity contribution in [2.45, 2.75) is 13.3 Å². The molecule has 1 aliphatic heterocycles. The molecule has 0 unspecified atom stereocenters. The normalized spacial score (nSPS) is 14.6. The van der Waals surface area contributed by atoms with Gasteiger partial charge in [-0.2, -0.15) is 0 Å². The van der Waals surface area contributed by atoms with Gasteiger partial charge < -0.3 is 20.1 Å². The fraction of sp³-hybridized carbons (Fsp3) is 0.429. The van der Waals surface area contributed by atoms with Gasteiger partial charge in [-0.1, -0.05) is 0 Å². The molecule has 1 aliphatic rings. The fourth-order valence-electron chi connectivity index (χ4n) is 2.12. The molecule has 2 N–H and O–H groups in total. The Labute approximate surface area is 117 Å². The number of hydrogen-bond donors (Lipinski definition) is 2. The highest BCUT2D eigenvalue weighted by atomic mass is 16.5. The Morgan fingerprint density at radius 2 is 2.00 bits per heavy atom. The summed E-state index contributed by atoms with van der Waals surface area (Å²) in [7, 11) is 0. The predicted octanol–water partition coefficient (Wildman–Crippen LogP) is 2.02. The maximum absolute atomic E-state index is 11.9. The van der Waals surface area contributed by atoms with Crippen LogP contribution in [0.5, 0.6) is 5.75 Å². The van der Waals surface area contributed by atoms with Crippen LogP contribution in [0.2, 0.25) is 0 Å². The van der Waals surface area contributed by atoms with Crippen molar-refractivity contribution in [3.8, 4) is 5.75 Å². The van der Waals surface area contributed by atoms with Crippen LogP contribution < -0.4 is 10.1 Å². The van der Waals surface area contributed by atoms with Gasteiger partial charge in [0.15, 0.2) is 0 Å². The van der Waals surface area contributed by atoms with Crippen molar-refractivity contribution in [1.29, 1.82) is 0 Å². The molecule has 0 spiro atoms. The molecule has 108 valence electrons. The molecule has 0 radical (unpaired) electrons. The third-order valence-corrected chi connectivity index (χ3v) is 3.12. The molecule has 0 bridgehead atoms. The van der Waals surface area contributed by atoms with E-state index < -0.39 is 5.97 Å². The van der Waals surface area contributed by atoms with Crippen molar-refractivity contribution in [3.05, 3.63) is 24.3 Å². The van der Waals surface area contributed by atoms with E-state index in [0.717, 1.165) is 5.75 Å². The Morgan fingerprint density at radius 3 is 2.55 bits per heavy atom. The molecule has 0 saturated carbocycles. The van der Waals surface area contributed by atoms with Gasteiger partial charge in [-0.05, 0) is 31.2 Å². The number of urea groups is 1. The molecule has 0 aliphatic carbocycles. The summed E-state index contributed by atoms with van der Waals surface area (Å²) in [6.07, 6.45) is 0.118. The minimum Gasteiger partial charge on any atom is -0.494 e. The van der Waals surface area contributed by atoms with Crippen LogP contribution in [0.15, 0.2) is 24.3 Å².